The molecule has 4 rings (SSSR count). The van der Waals surface area contributed by atoms with Crippen LogP contribution in [0.1, 0.15) is 31.1 Å². The summed E-state index contributed by atoms with van der Waals surface area (Å²) in [5.74, 6) is -6.84. The van der Waals surface area contributed by atoms with Crippen LogP contribution in [0.3, 0.4) is 0 Å². The molecule has 204 valence electrons. The van der Waals surface area contributed by atoms with Gasteiger partial charge in [0, 0.05) is 28.2 Å². The second-order valence-electron chi connectivity index (χ2n) is 8.28. The number of benzene rings is 4. The second-order valence-corrected chi connectivity index (χ2v) is 8.28. The van der Waals surface area contributed by atoms with Crippen molar-refractivity contribution in [3.63, 3.8) is 0 Å². The van der Waals surface area contributed by atoms with Gasteiger partial charge in [-0.15, -0.1) is 11.5 Å². The van der Waals surface area contributed by atoms with Gasteiger partial charge in [0.25, 0.3) is 17.7 Å². The van der Waals surface area contributed by atoms with E-state index in [0.29, 0.717) is 0 Å². The molecule has 0 unspecified atom stereocenters. The van der Waals surface area contributed by atoms with E-state index in [4.69, 9.17) is 4.74 Å². The first kappa shape index (κ1) is 27.1. The third-order valence-electron chi connectivity index (χ3n) is 5.62. The Kier molecular flexibility index (Phi) is 7.62. The Morgan fingerprint density at radius 3 is 1.57 bits per heavy atom. The molecular weight excluding hydrogens is 522 g/mol. The van der Waals surface area contributed by atoms with Crippen molar-refractivity contribution in [2.45, 2.75) is 0 Å². The SMILES string of the molecule is COc1cccc(C(=O)Nc2cc(NC(=O)c3cccc([O-])c3[O-])cc(NC(=O)c3cccc([O-])c3O)c2)c1[O-]. The molecule has 0 heterocycles. The molecule has 0 aliphatic rings. The standard InChI is InChI=1S/C28H23N3O9/c1-40-22-10-4-7-19(25(22)36)28(39)31-16-12-14(29-26(37)17-5-2-8-20(32)23(17)34)11-15(13-16)30-27(38)18-6-3-9-21(33)24(18)35/h2-13,32-36H,1H3,(H,29,37)(H,30,38)(H,31,39)/p-4. The first-order valence-electron chi connectivity index (χ1n) is 11.5. The van der Waals surface area contributed by atoms with Gasteiger partial charge in [-0.2, -0.15) is 0 Å². The van der Waals surface area contributed by atoms with E-state index < -0.39 is 52.0 Å². The highest BCUT2D eigenvalue weighted by Gasteiger charge is 2.16. The van der Waals surface area contributed by atoms with Crippen molar-refractivity contribution in [3.8, 4) is 34.5 Å². The lowest BCUT2D eigenvalue weighted by Gasteiger charge is -2.21. The molecule has 0 aromatic heterocycles. The molecule has 12 nitrogen and oxygen atoms in total. The zero-order chi connectivity index (χ0) is 29.0. The van der Waals surface area contributed by atoms with Gasteiger partial charge in [0.05, 0.1) is 12.7 Å². The summed E-state index contributed by atoms with van der Waals surface area (Å²) >= 11 is 0. The third kappa shape index (κ3) is 5.65. The van der Waals surface area contributed by atoms with Crippen LogP contribution >= 0.6 is 0 Å². The summed E-state index contributed by atoms with van der Waals surface area (Å²) in [4.78, 5) is 38.4. The lowest BCUT2D eigenvalue weighted by molar-refractivity contribution is -0.317. The van der Waals surface area contributed by atoms with Crippen LogP contribution in [-0.4, -0.2) is 29.9 Å². The molecule has 4 aromatic carbocycles. The van der Waals surface area contributed by atoms with E-state index >= 15 is 0 Å². The molecule has 0 bridgehead atoms. The minimum atomic E-state index is -1.02. The Morgan fingerprint density at radius 1 is 0.625 bits per heavy atom. The summed E-state index contributed by atoms with van der Waals surface area (Å²) in [5.41, 5.74) is -1.05. The van der Waals surface area contributed by atoms with Gasteiger partial charge in [-0.1, -0.05) is 47.9 Å². The maximum Gasteiger partial charge on any atom is 0.259 e. The van der Waals surface area contributed by atoms with Crippen LogP contribution in [-0.2, 0) is 0 Å². The Morgan fingerprint density at radius 2 is 1.05 bits per heavy atom. The van der Waals surface area contributed by atoms with Gasteiger partial charge in [0.2, 0.25) is 0 Å². The summed E-state index contributed by atoms with van der Waals surface area (Å²) in [5, 5.41) is 65.3. The van der Waals surface area contributed by atoms with Crippen LogP contribution in [0, 0.1) is 0 Å². The third-order valence-corrected chi connectivity index (χ3v) is 5.62. The van der Waals surface area contributed by atoms with Crippen molar-refractivity contribution in [1.82, 2.24) is 0 Å². The average Bonchev–Trinajstić information content (AvgIpc) is 2.91. The van der Waals surface area contributed by atoms with E-state index in [2.05, 4.69) is 16.0 Å². The van der Waals surface area contributed by atoms with Crippen LogP contribution in [0.5, 0.6) is 34.5 Å². The van der Waals surface area contributed by atoms with Crippen LogP contribution in [0.2, 0.25) is 0 Å². The zero-order valence-corrected chi connectivity index (χ0v) is 20.6. The van der Waals surface area contributed by atoms with Gasteiger partial charge >= 0.3 is 0 Å². The van der Waals surface area contributed by atoms with Gasteiger partial charge < -0.3 is 46.2 Å². The molecule has 0 aliphatic heterocycles. The number of nitrogens with one attached hydrogen (secondary N) is 3. The number of phenolic OH excluding ortho intramolecular Hbond substituents is 1. The summed E-state index contributed by atoms with van der Waals surface area (Å²) in [7, 11) is 1.27. The molecule has 0 atom stereocenters. The number of carbonyl (C=O) groups excluding carboxylic acids is 3. The van der Waals surface area contributed by atoms with E-state index in [1.54, 1.807) is 0 Å². The Hall–Kier alpha value is -5.91. The van der Waals surface area contributed by atoms with E-state index in [9.17, 15) is 39.9 Å². The molecule has 0 radical (unpaired) electrons. The number of ether oxygens (including phenoxy) is 1. The number of aromatic hydroxyl groups is 1. The lowest BCUT2D eigenvalue weighted by Crippen LogP contribution is -2.18. The predicted molar refractivity (Wildman–Crippen MR) is 136 cm³/mol. The summed E-state index contributed by atoms with van der Waals surface area (Å²) in [6.07, 6.45) is 0. The Balaban J connectivity index is 1.69. The number of phenols is 1. The van der Waals surface area contributed by atoms with Crippen LogP contribution < -0.4 is 41.1 Å². The fraction of sp³-hybridized carbons (Fsp3) is 0.0357. The summed E-state index contributed by atoms with van der Waals surface area (Å²) < 4.78 is 4.95. The van der Waals surface area contributed by atoms with E-state index in [-0.39, 0.29) is 33.9 Å². The maximum absolute atomic E-state index is 12.9. The summed E-state index contributed by atoms with van der Waals surface area (Å²) in [6, 6.07) is 14.9. The van der Waals surface area contributed by atoms with Gasteiger partial charge in [0.1, 0.15) is 11.5 Å². The molecule has 0 aliphatic carbocycles. The van der Waals surface area contributed by atoms with Crippen molar-refractivity contribution < 1.29 is 44.7 Å². The molecule has 3 amide bonds. The molecule has 4 N–H and O–H groups in total. The number of methoxy groups -OCH3 is 1. The summed E-state index contributed by atoms with van der Waals surface area (Å²) in [6.45, 7) is 0. The van der Waals surface area contributed by atoms with Crippen LogP contribution in [0.4, 0.5) is 17.1 Å². The van der Waals surface area contributed by atoms with Crippen molar-refractivity contribution in [3.05, 3.63) is 89.5 Å². The molecule has 4 aromatic rings. The predicted octanol–water partition coefficient (Wildman–Crippen LogP) is 1.45. The highest BCUT2D eigenvalue weighted by Crippen LogP contribution is 2.31. The van der Waals surface area contributed by atoms with E-state index in [0.717, 1.165) is 18.2 Å². The number of para-hydroxylation sites is 3. The number of anilines is 3. The largest absolute Gasteiger partial charge is 0.873 e. The molecule has 0 saturated carbocycles. The first-order chi connectivity index (χ1) is 19.1. The minimum Gasteiger partial charge on any atom is -0.873 e. The number of hydrogen-bond acceptors (Lipinski definition) is 9. The topological polar surface area (TPSA) is 209 Å². The van der Waals surface area contributed by atoms with Crippen LogP contribution in [0.15, 0.2) is 72.8 Å². The fourth-order valence-electron chi connectivity index (χ4n) is 3.69. The van der Waals surface area contributed by atoms with Crippen molar-refractivity contribution in [2.75, 3.05) is 23.1 Å². The smallest absolute Gasteiger partial charge is 0.259 e. The highest BCUT2D eigenvalue weighted by molar-refractivity contribution is 6.10. The molecule has 12 heteroatoms. The molecule has 40 heavy (non-hydrogen) atoms. The van der Waals surface area contributed by atoms with Gasteiger partial charge in [0.15, 0.2) is 0 Å². The first-order valence-corrected chi connectivity index (χ1v) is 11.5. The maximum atomic E-state index is 12.9. The highest BCUT2D eigenvalue weighted by atomic mass is 16.5. The minimum absolute atomic E-state index is 0.00189. The molecule has 0 spiro atoms. The molecule has 0 fully saturated rings. The van der Waals surface area contributed by atoms with Gasteiger partial charge in [-0.3, -0.25) is 14.4 Å². The van der Waals surface area contributed by atoms with E-state index in [1.165, 1.54) is 61.7 Å². The van der Waals surface area contributed by atoms with Gasteiger partial charge in [-0.05, 0) is 36.4 Å². The van der Waals surface area contributed by atoms with Gasteiger partial charge in [-0.25, -0.2) is 0 Å². The number of rotatable bonds is 7. The van der Waals surface area contributed by atoms with Crippen molar-refractivity contribution in [2.24, 2.45) is 0 Å². The normalized spacial score (nSPS) is 10.4. The van der Waals surface area contributed by atoms with Crippen LogP contribution in [0.25, 0.3) is 0 Å². The number of amides is 3. The second kappa shape index (κ2) is 11.2. The van der Waals surface area contributed by atoms with Crippen molar-refractivity contribution >= 4 is 34.8 Å². The van der Waals surface area contributed by atoms with Crippen molar-refractivity contribution in [1.29, 1.82) is 0 Å². The number of carbonyl (C=O) groups is 3. The fourth-order valence-corrected chi connectivity index (χ4v) is 3.69. The molecule has 0 saturated heterocycles. The zero-order valence-electron chi connectivity index (χ0n) is 20.6. The average molecular weight is 541 g/mol. The number of hydrogen-bond donors (Lipinski definition) is 4. The lowest BCUT2D eigenvalue weighted by atomic mass is 10.1. The quantitative estimate of drug-likeness (QED) is 0.266. The van der Waals surface area contributed by atoms with E-state index in [1.807, 2.05) is 0 Å². The Labute approximate surface area is 226 Å². The monoisotopic (exact) mass is 541 g/mol. The molecular formula is C28H19N3O9-4. The Bertz CT molecular complexity index is 1550.